The lowest BCUT2D eigenvalue weighted by Crippen LogP contribution is -2.23. The van der Waals surface area contributed by atoms with Gasteiger partial charge in [-0.15, -0.1) is 0 Å². The van der Waals surface area contributed by atoms with Crippen LogP contribution in [0.5, 0.6) is 0 Å². The van der Waals surface area contributed by atoms with Gasteiger partial charge in [-0.25, -0.2) is 4.98 Å². The van der Waals surface area contributed by atoms with E-state index in [9.17, 15) is 4.79 Å². The summed E-state index contributed by atoms with van der Waals surface area (Å²) < 4.78 is 1.21. The molecule has 1 aromatic heterocycles. The van der Waals surface area contributed by atoms with Crippen LogP contribution in [0.2, 0.25) is 10.3 Å². The Kier molecular flexibility index (Phi) is 3.14. The highest BCUT2D eigenvalue weighted by molar-refractivity contribution is 6.31. The Bertz CT molecular complexity index is 595. The smallest absolute Gasteiger partial charge is 0.262 e. The van der Waals surface area contributed by atoms with E-state index in [1.54, 1.807) is 12.1 Å². The van der Waals surface area contributed by atoms with Crippen molar-refractivity contribution in [3.05, 3.63) is 38.9 Å². The minimum Gasteiger partial charge on any atom is -0.395 e. The molecular weight excluding hydrogens is 251 g/mol. The van der Waals surface area contributed by atoms with Gasteiger partial charge >= 0.3 is 0 Å². The normalized spacial score (nSPS) is 10.9. The van der Waals surface area contributed by atoms with Gasteiger partial charge in [0, 0.05) is 5.02 Å². The molecule has 0 saturated heterocycles. The maximum Gasteiger partial charge on any atom is 0.262 e. The van der Waals surface area contributed by atoms with Crippen molar-refractivity contribution in [2.45, 2.75) is 6.54 Å². The molecule has 4 nitrogen and oxygen atoms in total. The van der Waals surface area contributed by atoms with Crippen LogP contribution in [0.3, 0.4) is 0 Å². The number of hydrogen-bond acceptors (Lipinski definition) is 3. The van der Waals surface area contributed by atoms with Crippen molar-refractivity contribution < 1.29 is 5.11 Å². The van der Waals surface area contributed by atoms with Crippen LogP contribution in [0.4, 0.5) is 0 Å². The topological polar surface area (TPSA) is 55.1 Å². The molecule has 0 unspecified atom stereocenters. The Morgan fingerprint density at radius 2 is 2.12 bits per heavy atom. The number of rotatable bonds is 2. The summed E-state index contributed by atoms with van der Waals surface area (Å²) in [5, 5.41) is 9.74. The molecule has 0 aliphatic heterocycles. The van der Waals surface area contributed by atoms with Crippen molar-refractivity contribution in [1.82, 2.24) is 9.55 Å². The summed E-state index contributed by atoms with van der Waals surface area (Å²) in [5.41, 5.74) is 0.195. The molecule has 0 saturated carbocycles. The summed E-state index contributed by atoms with van der Waals surface area (Å²) in [6.07, 6.45) is 0. The lowest BCUT2D eigenvalue weighted by Gasteiger charge is -2.07. The van der Waals surface area contributed by atoms with Crippen molar-refractivity contribution in [2.24, 2.45) is 0 Å². The number of nitrogens with zero attached hydrogens (tertiary/aromatic N) is 2. The van der Waals surface area contributed by atoms with Crippen molar-refractivity contribution in [2.75, 3.05) is 6.61 Å². The van der Waals surface area contributed by atoms with E-state index in [0.717, 1.165) is 0 Å². The molecule has 1 N–H and O–H groups in total. The van der Waals surface area contributed by atoms with E-state index in [4.69, 9.17) is 28.3 Å². The number of aromatic nitrogens is 2. The van der Waals surface area contributed by atoms with Gasteiger partial charge < -0.3 is 5.11 Å². The highest BCUT2D eigenvalue weighted by atomic mass is 35.5. The molecule has 84 valence electrons. The predicted molar refractivity (Wildman–Crippen MR) is 63.1 cm³/mol. The minimum atomic E-state index is -0.299. The van der Waals surface area contributed by atoms with Gasteiger partial charge in [0.1, 0.15) is 0 Å². The Hall–Kier alpha value is -1.10. The van der Waals surface area contributed by atoms with Gasteiger partial charge in [0.15, 0.2) is 0 Å². The van der Waals surface area contributed by atoms with Crippen LogP contribution >= 0.6 is 23.2 Å². The van der Waals surface area contributed by atoms with E-state index < -0.39 is 0 Å². The summed E-state index contributed by atoms with van der Waals surface area (Å²) in [4.78, 5) is 16.0. The predicted octanol–water partition coefficient (Wildman–Crippen LogP) is 1.70. The van der Waals surface area contributed by atoms with Crippen LogP contribution < -0.4 is 5.56 Å². The summed E-state index contributed by atoms with van der Waals surface area (Å²) in [6.45, 7) is -0.0551. The molecule has 0 bridgehead atoms. The number of hydrogen-bond donors (Lipinski definition) is 1. The average molecular weight is 259 g/mol. The third-order valence-corrected chi connectivity index (χ3v) is 2.72. The maximum absolute atomic E-state index is 12.0. The molecule has 0 fully saturated rings. The second-order valence-electron chi connectivity index (χ2n) is 3.22. The maximum atomic E-state index is 12.0. The monoisotopic (exact) mass is 258 g/mol. The molecule has 1 heterocycles. The molecule has 1 aromatic carbocycles. The first-order chi connectivity index (χ1) is 7.63. The van der Waals surface area contributed by atoms with Gasteiger partial charge in [0.05, 0.1) is 24.1 Å². The summed E-state index contributed by atoms with van der Waals surface area (Å²) in [5.74, 6) is 0. The van der Waals surface area contributed by atoms with Crippen LogP contribution in [-0.4, -0.2) is 21.3 Å². The molecule has 2 aromatic rings. The van der Waals surface area contributed by atoms with Crippen molar-refractivity contribution in [1.29, 1.82) is 0 Å². The zero-order valence-corrected chi connectivity index (χ0v) is 9.66. The van der Waals surface area contributed by atoms with Crippen LogP contribution in [0.25, 0.3) is 10.9 Å². The summed E-state index contributed by atoms with van der Waals surface area (Å²) in [7, 11) is 0. The highest BCUT2D eigenvalue weighted by Gasteiger charge is 2.08. The van der Waals surface area contributed by atoms with Crippen molar-refractivity contribution >= 4 is 34.1 Å². The van der Waals surface area contributed by atoms with Crippen molar-refractivity contribution in [3.63, 3.8) is 0 Å². The van der Waals surface area contributed by atoms with E-state index in [1.807, 2.05) is 0 Å². The van der Waals surface area contributed by atoms with Gasteiger partial charge in [-0.3, -0.25) is 9.36 Å². The second-order valence-corrected chi connectivity index (χ2v) is 4.00. The third-order valence-electron chi connectivity index (χ3n) is 2.19. The Labute approximate surface area is 101 Å². The van der Waals surface area contributed by atoms with E-state index in [0.29, 0.717) is 15.9 Å². The molecule has 0 atom stereocenters. The molecule has 0 spiro atoms. The number of aliphatic hydroxyl groups excluding tert-OH is 1. The number of aliphatic hydroxyl groups is 1. The Morgan fingerprint density at radius 3 is 2.81 bits per heavy atom. The third kappa shape index (κ3) is 1.91. The van der Waals surface area contributed by atoms with E-state index in [2.05, 4.69) is 4.98 Å². The molecule has 16 heavy (non-hydrogen) atoms. The SMILES string of the molecule is O=c1c2cc(Cl)ccc2nc(Cl)n1CCO. The first-order valence-corrected chi connectivity index (χ1v) is 5.35. The summed E-state index contributed by atoms with van der Waals surface area (Å²) in [6, 6.07) is 4.81. The Morgan fingerprint density at radius 1 is 1.38 bits per heavy atom. The van der Waals surface area contributed by atoms with Gasteiger partial charge in [-0.1, -0.05) is 11.6 Å². The molecule has 0 aliphatic carbocycles. The largest absolute Gasteiger partial charge is 0.395 e. The average Bonchev–Trinajstić information content (AvgIpc) is 2.26. The fourth-order valence-corrected chi connectivity index (χ4v) is 1.88. The van der Waals surface area contributed by atoms with Crippen LogP contribution in [-0.2, 0) is 6.54 Å². The van der Waals surface area contributed by atoms with Gasteiger partial charge in [-0.05, 0) is 29.8 Å². The number of benzene rings is 1. The molecule has 6 heteroatoms. The minimum absolute atomic E-state index is 0.0638. The van der Waals surface area contributed by atoms with Crippen LogP contribution in [0.1, 0.15) is 0 Å². The second kappa shape index (κ2) is 4.41. The zero-order chi connectivity index (χ0) is 11.7. The van der Waals surface area contributed by atoms with E-state index in [1.165, 1.54) is 10.6 Å². The van der Waals surface area contributed by atoms with Crippen molar-refractivity contribution in [3.8, 4) is 0 Å². The Balaban J connectivity index is 2.80. The zero-order valence-electron chi connectivity index (χ0n) is 8.15. The number of fused-ring (bicyclic) bond motifs is 1. The molecule has 0 radical (unpaired) electrons. The summed E-state index contributed by atoms with van der Waals surface area (Å²) >= 11 is 11.6. The van der Waals surface area contributed by atoms with Gasteiger partial charge in [-0.2, -0.15) is 0 Å². The van der Waals surface area contributed by atoms with Gasteiger partial charge in [0.2, 0.25) is 5.28 Å². The molecule has 0 amide bonds. The van der Waals surface area contributed by atoms with Crippen LogP contribution in [0.15, 0.2) is 23.0 Å². The quantitative estimate of drug-likeness (QED) is 0.835. The number of halogens is 2. The highest BCUT2D eigenvalue weighted by Crippen LogP contribution is 2.16. The molecule has 0 aliphatic rings. The van der Waals surface area contributed by atoms with E-state index >= 15 is 0 Å². The lowest BCUT2D eigenvalue weighted by atomic mass is 10.2. The lowest BCUT2D eigenvalue weighted by molar-refractivity contribution is 0.274. The standard InChI is InChI=1S/C10H8Cl2N2O2/c11-6-1-2-8-7(5-6)9(16)14(3-4-15)10(12)13-8/h1-2,5,15H,3-4H2. The molecular formula is C10H8Cl2N2O2. The fourth-order valence-electron chi connectivity index (χ4n) is 1.46. The van der Waals surface area contributed by atoms with Gasteiger partial charge in [0.25, 0.3) is 5.56 Å². The first kappa shape index (κ1) is 11.4. The van der Waals surface area contributed by atoms with E-state index in [-0.39, 0.29) is 24.0 Å². The fraction of sp³-hybridized carbons (Fsp3) is 0.200. The van der Waals surface area contributed by atoms with Crippen LogP contribution in [0, 0.1) is 0 Å². The molecule has 2 rings (SSSR count). The first-order valence-electron chi connectivity index (χ1n) is 4.60.